The Balaban J connectivity index is 2.00. The van der Waals surface area contributed by atoms with Crippen LogP contribution < -0.4 is 5.32 Å². The molecular formula is C18H17F3N4. The summed E-state index contributed by atoms with van der Waals surface area (Å²) < 4.78 is 39.8. The number of anilines is 1. The number of rotatable bonds is 4. The van der Waals surface area contributed by atoms with E-state index in [1.54, 1.807) is 38.2 Å². The molecule has 3 rings (SSSR count). The zero-order valence-electron chi connectivity index (χ0n) is 13.8. The van der Waals surface area contributed by atoms with Gasteiger partial charge in [0.15, 0.2) is 0 Å². The third-order valence-corrected chi connectivity index (χ3v) is 3.99. The summed E-state index contributed by atoms with van der Waals surface area (Å²) in [6, 6.07) is 9.71. The predicted molar refractivity (Wildman–Crippen MR) is 91.2 cm³/mol. The summed E-state index contributed by atoms with van der Waals surface area (Å²) in [5.41, 5.74) is 2.15. The number of aromatic amines is 1. The third-order valence-electron chi connectivity index (χ3n) is 3.99. The van der Waals surface area contributed by atoms with E-state index in [2.05, 4.69) is 20.3 Å². The highest BCUT2D eigenvalue weighted by molar-refractivity contribution is 5.68. The number of halogens is 3. The number of nitrogens with one attached hydrogen (secondary N) is 2. The van der Waals surface area contributed by atoms with Gasteiger partial charge in [0, 0.05) is 18.8 Å². The Kier molecular flexibility index (Phi) is 4.48. The zero-order chi connectivity index (χ0) is 18.0. The number of H-pyrrole nitrogens is 1. The molecule has 2 N–H and O–H groups in total. The smallest absolute Gasteiger partial charge is 0.373 e. The van der Waals surface area contributed by atoms with Gasteiger partial charge in [-0.15, -0.1) is 0 Å². The largest absolute Gasteiger partial charge is 0.416 e. The second-order valence-electron chi connectivity index (χ2n) is 5.55. The molecule has 130 valence electrons. The number of alkyl halides is 3. The summed E-state index contributed by atoms with van der Waals surface area (Å²) in [5, 5.41) is 2.92. The van der Waals surface area contributed by atoms with E-state index in [9.17, 15) is 13.2 Å². The van der Waals surface area contributed by atoms with Gasteiger partial charge in [-0.3, -0.25) is 0 Å². The first kappa shape index (κ1) is 17.0. The summed E-state index contributed by atoms with van der Waals surface area (Å²) in [6.45, 7) is 1.71. The normalized spacial score (nSPS) is 11.6. The van der Waals surface area contributed by atoms with E-state index in [0.717, 1.165) is 0 Å². The van der Waals surface area contributed by atoms with Crippen LogP contribution in [-0.4, -0.2) is 22.0 Å². The quantitative estimate of drug-likeness (QED) is 0.716. The molecule has 0 fully saturated rings. The Bertz CT molecular complexity index is 884. The fraction of sp³-hybridized carbons (Fsp3) is 0.222. The first-order valence-corrected chi connectivity index (χ1v) is 7.82. The minimum absolute atomic E-state index is 0.289. The Hall–Kier alpha value is -2.83. The second kappa shape index (κ2) is 6.58. The monoisotopic (exact) mass is 346 g/mol. The molecule has 2 heterocycles. The van der Waals surface area contributed by atoms with Crippen molar-refractivity contribution in [3.8, 4) is 22.6 Å². The fourth-order valence-corrected chi connectivity index (χ4v) is 2.67. The third kappa shape index (κ3) is 3.50. The molecule has 7 heteroatoms. The van der Waals surface area contributed by atoms with Gasteiger partial charge in [-0.1, -0.05) is 19.1 Å². The van der Waals surface area contributed by atoms with Gasteiger partial charge in [0.25, 0.3) is 0 Å². The molecular weight excluding hydrogens is 329 g/mol. The lowest BCUT2D eigenvalue weighted by molar-refractivity contribution is -0.138. The number of aromatic nitrogens is 3. The maximum Gasteiger partial charge on any atom is 0.416 e. The Morgan fingerprint density at radius 2 is 1.80 bits per heavy atom. The van der Waals surface area contributed by atoms with Crippen LogP contribution in [0.2, 0.25) is 0 Å². The van der Waals surface area contributed by atoms with Crippen molar-refractivity contribution in [3.63, 3.8) is 0 Å². The molecule has 0 saturated heterocycles. The van der Waals surface area contributed by atoms with E-state index in [1.165, 1.54) is 18.5 Å². The number of hydrogen-bond donors (Lipinski definition) is 2. The first-order valence-electron chi connectivity index (χ1n) is 7.82. The van der Waals surface area contributed by atoms with Gasteiger partial charge in [-0.25, -0.2) is 9.97 Å². The fourth-order valence-electron chi connectivity index (χ4n) is 2.67. The summed E-state index contributed by atoms with van der Waals surface area (Å²) in [7, 11) is 1.75. The summed E-state index contributed by atoms with van der Waals surface area (Å²) in [6.07, 6.45) is -2.61. The molecule has 4 nitrogen and oxygen atoms in total. The Morgan fingerprint density at radius 1 is 1.04 bits per heavy atom. The Morgan fingerprint density at radius 3 is 2.48 bits per heavy atom. The van der Waals surface area contributed by atoms with E-state index < -0.39 is 11.7 Å². The number of benzene rings is 1. The van der Waals surface area contributed by atoms with Crippen LogP contribution in [0.1, 0.15) is 18.1 Å². The first-order chi connectivity index (χ1) is 11.9. The minimum atomic E-state index is -4.37. The van der Waals surface area contributed by atoms with Crippen molar-refractivity contribution in [1.29, 1.82) is 0 Å². The second-order valence-corrected chi connectivity index (χ2v) is 5.55. The molecule has 2 aromatic heterocycles. The van der Waals surface area contributed by atoms with Gasteiger partial charge in [0.1, 0.15) is 12.1 Å². The van der Waals surface area contributed by atoms with Crippen molar-refractivity contribution in [2.75, 3.05) is 12.4 Å². The highest BCUT2D eigenvalue weighted by Crippen LogP contribution is 2.35. The molecule has 0 aliphatic heterocycles. The van der Waals surface area contributed by atoms with E-state index >= 15 is 0 Å². The lowest BCUT2D eigenvalue weighted by Gasteiger charge is -2.13. The van der Waals surface area contributed by atoms with Gasteiger partial charge in [-0.05, 0) is 35.7 Å². The standard InChI is InChI=1S/C18H17F3N4/c1-3-11-4-5-12(8-13(11)18(19,20)21)14-6-7-15(25-14)16-9-17(22-2)24-10-23-16/h4-10,25H,3H2,1-2H3,(H,22,23,24). The number of hydrogen-bond acceptors (Lipinski definition) is 3. The maximum absolute atomic E-state index is 13.3. The number of aryl methyl sites for hydroxylation is 1. The van der Waals surface area contributed by atoms with Crippen LogP contribution in [0, 0.1) is 0 Å². The summed E-state index contributed by atoms with van der Waals surface area (Å²) in [4.78, 5) is 11.4. The predicted octanol–water partition coefficient (Wildman–Crippen LogP) is 4.76. The van der Waals surface area contributed by atoms with Crippen molar-refractivity contribution in [1.82, 2.24) is 15.0 Å². The van der Waals surface area contributed by atoms with Gasteiger partial charge >= 0.3 is 6.18 Å². The van der Waals surface area contributed by atoms with Crippen LogP contribution >= 0.6 is 0 Å². The SMILES string of the molecule is CCc1ccc(-c2ccc(-c3cc(NC)ncn3)[nH]2)cc1C(F)(F)F. The molecule has 1 aromatic carbocycles. The van der Waals surface area contributed by atoms with Crippen molar-refractivity contribution >= 4 is 5.82 Å². The van der Waals surface area contributed by atoms with Crippen LogP contribution in [0.4, 0.5) is 19.0 Å². The van der Waals surface area contributed by atoms with Crippen LogP contribution in [0.15, 0.2) is 42.7 Å². The van der Waals surface area contributed by atoms with Crippen molar-refractivity contribution in [2.24, 2.45) is 0 Å². The highest BCUT2D eigenvalue weighted by Gasteiger charge is 2.33. The maximum atomic E-state index is 13.3. The average Bonchev–Trinajstić information content (AvgIpc) is 3.10. The van der Waals surface area contributed by atoms with Gasteiger partial charge in [0.2, 0.25) is 0 Å². The van der Waals surface area contributed by atoms with Crippen molar-refractivity contribution in [3.05, 3.63) is 53.9 Å². The van der Waals surface area contributed by atoms with Crippen molar-refractivity contribution < 1.29 is 13.2 Å². The topological polar surface area (TPSA) is 53.6 Å². The molecule has 3 aromatic rings. The minimum Gasteiger partial charge on any atom is -0.373 e. The Labute approximate surface area is 143 Å². The van der Waals surface area contributed by atoms with Gasteiger partial charge in [0.05, 0.1) is 17.0 Å². The zero-order valence-corrected chi connectivity index (χ0v) is 13.8. The molecule has 0 spiro atoms. The van der Waals surface area contributed by atoms with Crippen LogP contribution in [0.25, 0.3) is 22.6 Å². The van der Waals surface area contributed by atoms with Crippen LogP contribution in [0.3, 0.4) is 0 Å². The van der Waals surface area contributed by atoms with Gasteiger partial charge < -0.3 is 10.3 Å². The van der Waals surface area contributed by atoms with Crippen LogP contribution in [0.5, 0.6) is 0 Å². The van der Waals surface area contributed by atoms with E-state index in [4.69, 9.17) is 0 Å². The van der Waals surface area contributed by atoms with Crippen molar-refractivity contribution in [2.45, 2.75) is 19.5 Å². The lowest BCUT2D eigenvalue weighted by Crippen LogP contribution is -2.09. The van der Waals surface area contributed by atoms with Gasteiger partial charge in [-0.2, -0.15) is 13.2 Å². The molecule has 0 amide bonds. The summed E-state index contributed by atoms with van der Waals surface area (Å²) >= 11 is 0. The molecule has 0 atom stereocenters. The molecule has 0 radical (unpaired) electrons. The highest BCUT2D eigenvalue weighted by atomic mass is 19.4. The molecule has 0 aliphatic carbocycles. The van der Waals surface area contributed by atoms with E-state index in [0.29, 0.717) is 34.9 Å². The molecule has 0 aliphatic rings. The molecule has 0 unspecified atom stereocenters. The molecule has 0 bridgehead atoms. The summed E-state index contributed by atoms with van der Waals surface area (Å²) in [5.74, 6) is 0.660. The van der Waals surface area contributed by atoms with E-state index in [-0.39, 0.29) is 5.56 Å². The number of nitrogens with zero attached hydrogens (tertiary/aromatic N) is 2. The average molecular weight is 346 g/mol. The van der Waals surface area contributed by atoms with E-state index in [1.807, 2.05) is 0 Å². The van der Waals surface area contributed by atoms with Crippen LogP contribution in [-0.2, 0) is 12.6 Å². The molecule has 25 heavy (non-hydrogen) atoms. The molecule has 0 saturated carbocycles. The lowest BCUT2D eigenvalue weighted by atomic mass is 10.0.